The van der Waals surface area contributed by atoms with Gasteiger partial charge in [0.1, 0.15) is 5.56 Å². The number of nitrogens with one attached hydrogen (secondary N) is 1. The van der Waals surface area contributed by atoms with Crippen LogP contribution >= 0.6 is 0 Å². The van der Waals surface area contributed by atoms with Crippen molar-refractivity contribution < 1.29 is 31.1 Å². The van der Waals surface area contributed by atoms with E-state index in [9.17, 15) is 35.9 Å². The number of H-pyrrole nitrogens is 1. The molecule has 1 saturated heterocycles. The second-order valence-corrected chi connectivity index (χ2v) is 9.44. The van der Waals surface area contributed by atoms with Crippen LogP contribution in [-0.4, -0.2) is 115 Å². The summed E-state index contributed by atoms with van der Waals surface area (Å²) in [6.07, 6.45) is -9.47. The molecule has 1 aliphatic rings. The minimum Gasteiger partial charge on any atom is -0.365 e. The molecule has 1 aliphatic heterocycles. The number of aromatic amines is 1. The van der Waals surface area contributed by atoms with Crippen molar-refractivity contribution in [2.45, 2.75) is 59.4 Å². The van der Waals surface area contributed by atoms with Crippen molar-refractivity contribution >= 4 is 74.6 Å². The molecule has 22 heteroatoms. The molecule has 2 aromatic rings. The predicted octanol–water partition coefficient (Wildman–Crippen LogP) is -1.38. The molecule has 1 fully saturated rings. The van der Waals surface area contributed by atoms with E-state index in [-0.39, 0.29) is 25.0 Å². The molecule has 3 rings (SSSR count). The Kier molecular flexibility index (Phi) is 8.45. The smallest absolute Gasteiger partial charge is 0.365 e. The molecule has 0 bridgehead atoms. The Bertz CT molecular complexity index is 1330. The topological polar surface area (TPSA) is 95.1 Å². The molecule has 8 nitrogen and oxygen atoms in total. The van der Waals surface area contributed by atoms with Crippen molar-refractivity contribution in [2.24, 2.45) is 0 Å². The van der Waals surface area contributed by atoms with Crippen molar-refractivity contribution in [2.75, 3.05) is 4.90 Å². The third-order valence-corrected chi connectivity index (χ3v) is 6.41. The van der Waals surface area contributed by atoms with Gasteiger partial charge in [0.2, 0.25) is 11.9 Å². The monoisotopic (exact) mass is 558 g/mol. The van der Waals surface area contributed by atoms with Crippen LogP contribution < -0.4 is 10.5 Å². The van der Waals surface area contributed by atoms with E-state index in [0.29, 0.717) is 28.3 Å². The fourth-order valence-corrected chi connectivity index (χ4v) is 4.14. The van der Waals surface area contributed by atoms with E-state index in [4.69, 9.17) is 62.8 Å². The lowest BCUT2D eigenvalue weighted by Gasteiger charge is -2.75. The molecule has 1 amide bonds. The first-order chi connectivity index (χ1) is 18.5. The van der Waals surface area contributed by atoms with E-state index in [1.807, 2.05) is 0 Å². The minimum absolute atomic E-state index is 0.0281. The lowest BCUT2D eigenvalue weighted by molar-refractivity contribution is -0.139. The van der Waals surface area contributed by atoms with Crippen LogP contribution in [0.15, 0.2) is 23.3 Å². The van der Waals surface area contributed by atoms with Crippen molar-refractivity contribution in [3.05, 3.63) is 45.6 Å². The molecular weight excluding hydrogens is 545 g/mol. The Labute approximate surface area is 240 Å². The number of anilines is 1. The number of aromatic nitrogens is 4. The number of carbonyl (C=O) groups is 1. The third kappa shape index (κ3) is 5.84. The molecule has 3 heterocycles. The fourth-order valence-electron chi connectivity index (χ4n) is 4.14. The van der Waals surface area contributed by atoms with E-state index in [0.717, 1.165) is 0 Å². The zero-order chi connectivity index (χ0) is 31.4. The number of hydrogen-bond acceptors (Lipinski definition) is 6. The lowest BCUT2D eigenvalue weighted by Crippen LogP contribution is -2.93. The highest BCUT2D eigenvalue weighted by atomic mass is 19.4. The first kappa shape index (κ1) is 32.8. The molecule has 0 atom stereocenters. The van der Waals surface area contributed by atoms with E-state index in [2.05, 4.69) is 15.1 Å². The molecule has 2 aromatic heterocycles. The van der Waals surface area contributed by atoms with Gasteiger partial charge in [-0.1, -0.05) is 0 Å². The number of halogens is 6. The number of unbranched alkanes of at least 4 members (excludes halogenated alkanes) is 1. The number of amides is 1. The standard InChI is InChI=1S/C19H12B8F6N6O2/c20-16(21)18(24,25)39(13-34-6-8(7-35-13)14(28,29)30)19(26,27)17(22,23)38(16)11(40)4-2-1-3-9-5-10(15(31,32)33)12(41)37-36-9/h5-7H,1-4H2,(H,37,41). The maximum Gasteiger partial charge on any atom is 0.421 e. The molecule has 0 aliphatic carbocycles. The minimum atomic E-state index is -4.90. The van der Waals surface area contributed by atoms with Crippen LogP contribution in [0.25, 0.3) is 0 Å². The number of aryl methyl sites for hydroxylation is 1. The number of piperazine rings is 1. The lowest BCUT2D eigenvalue weighted by atomic mass is 9.26. The number of nitrogens with zero attached hydrogens (tertiary/aromatic N) is 5. The molecule has 0 unspecified atom stereocenters. The Balaban J connectivity index is 1.83. The average molecular weight is 557 g/mol. The molecule has 16 radical (unpaired) electrons. The number of carbonyl (C=O) groups excluding carboxylic acids is 1. The van der Waals surface area contributed by atoms with Crippen LogP contribution in [-0.2, 0) is 23.6 Å². The largest absolute Gasteiger partial charge is 0.421 e. The summed E-state index contributed by atoms with van der Waals surface area (Å²) in [6.45, 7) is 0. The van der Waals surface area contributed by atoms with Gasteiger partial charge in [-0.3, -0.25) is 9.59 Å². The van der Waals surface area contributed by atoms with Crippen molar-refractivity contribution in [1.82, 2.24) is 25.1 Å². The van der Waals surface area contributed by atoms with Crippen LogP contribution in [0.5, 0.6) is 0 Å². The molecule has 0 saturated carbocycles. The van der Waals surface area contributed by atoms with Gasteiger partial charge < -0.3 is 9.80 Å². The summed E-state index contributed by atoms with van der Waals surface area (Å²) < 4.78 is 77.8. The first-order valence-electron chi connectivity index (χ1n) is 11.5. The molecular formula is C19H12B8F6N6O2. The SMILES string of the molecule is [B]C1([B])N(C(=O)CCCCc2cc(C(F)(F)F)c(=O)[nH]n2)C([B])([B])C([B])([B])N(c2ncc(C(F)(F)F)cn2)C1([B])[B]. The van der Waals surface area contributed by atoms with Gasteiger partial charge in [0.05, 0.1) is 74.0 Å². The first-order valence-corrected chi connectivity index (χ1v) is 11.5. The summed E-state index contributed by atoms with van der Waals surface area (Å²) >= 11 is 0. The van der Waals surface area contributed by atoms with Crippen molar-refractivity contribution in [1.29, 1.82) is 0 Å². The van der Waals surface area contributed by atoms with Gasteiger partial charge in [-0.25, -0.2) is 15.1 Å². The Hall–Kier alpha value is -2.67. The van der Waals surface area contributed by atoms with Crippen LogP contribution in [0.4, 0.5) is 32.3 Å². The van der Waals surface area contributed by atoms with Crippen LogP contribution in [0, 0.1) is 0 Å². The summed E-state index contributed by atoms with van der Waals surface area (Å²) in [5.41, 5.74) is -4.22. The molecule has 41 heavy (non-hydrogen) atoms. The summed E-state index contributed by atoms with van der Waals surface area (Å²) in [5, 5.41) is -5.56. The Morgan fingerprint density at radius 3 is 1.80 bits per heavy atom. The van der Waals surface area contributed by atoms with E-state index in [1.165, 1.54) is 0 Å². The molecule has 196 valence electrons. The summed E-state index contributed by atoms with van der Waals surface area (Å²) in [5.74, 6) is -1.72. The van der Waals surface area contributed by atoms with Crippen LogP contribution in [0.3, 0.4) is 0 Å². The van der Waals surface area contributed by atoms with Crippen molar-refractivity contribution in [3.8, 4) is 0 Å². The normalized spacial score (nSPS) is 19.6. The second kappa shape index (κ2) is 10.6. The highest BCUT2D eigenvalue weighted by Gasteiger charge is 2.62. The number of hydrogen-bond donors (Lipinski definition) is 1. The van der Waals surface area contributed by atoms with E-state index in [1.54, 1.807) is 5.10 Å². The summed E-state index contributed by atoms with van der Waals surface area (Å²) in [6, 6.07) is 0.577. The van der Waals surface area contributed by atoms with E-state index < -0.39 is 68.7 Å². The zero-order valence-corrected chi connectivity index (χ0v) is 21.0. The van der Waals surface area contributed by atoms with Gasteiger partial charge in [0, 0.05) is 18.8 Å². The van der Waals surface area contributed by atoms with E-state index >= 15 is 0 Å². The maximum absolute atomic E-state index is 13.2. The van der Waals surface area contributed by atoms with Crippen LogP contribution in [0.2, 0.25) is 0 Å². The highest BCUT2D eigenvalue weighted by molar-refractivity contribution is 6.62. The summed E-state index contributed by atoms with van der Waals surface area (Å²) in [4.78, 5) is 32.6. The fraction of sp³-hybridized carbons (Fsp3) is 0.526. The van der Waals surface area contributed by atoms with Gasteiger partial charge in [-0.15, -0.1) is 0 Å². The quantitative estimate of drug-likeness (QED) is 0.268. The number of rotatable bonds is 6. The Morgan fingerprint density at radius 1 is 0.829 bits per heavy atom. The predicted molar refractivity (Wildman–Crippen MR) is 141 cm³/mol. The Morgan fingerprint density at radius 2 is 1.34 bits per heavy atom. The second-order valence-electron chi connectivity index (χ2n) is 9.44. The van der Waals surface area contributed by atoms with Gasteiger partial charge in [0.25, 0.3) is 5.56 Å². The number of alkyl halides is 6. The molecule has 1 N–H and O–H groups in total. The highest BCUT2D eigenvalue weighted by Crippen LogP contribution is 2.44. The van der Waals surface area contributed by atoms with Crippen molar-refractivity contribution in [3.63, 3.8) is 0 Å². The van der Waals surface area contributed by atoms with Gasteiger partial charge in [0.15, 0.2) is 0 Å². The van der Waals surface area contributed by atoms with Gasteiger partial charge in [-0.2, -0.15) is 31.4 Å². The third-order valence-electron chi connectivity index (χ3n) is 6.41. The summed E-state index contributed by atoms with van der Waals surface area (Å²) in [7, 11) is 49.0. The average Bonchev–Trinajstić information content (AvgIpc) is 2.80. The molecule has 0 aromatic carbocycles. The maximum atomic E-state index is 13.2. The van der Waals surface area contributed by atoms with Crippen LogP contribution in [0.1, 0.15) is 36.1 Å². The molecule has 0 spiro atoms. The van der Waals surface area contributed by atoms with Gasteiger partial charge >= 0.3 is 12.4 Å². The zero-order valence-electron chi connectivity index (χ0n) is 21.0. The van der Waals surface area contributed by atoms with Gasteiger partial charge in [-0.05, 0) is 46.7 Å².